The van der Waals surface area contributed by atoms with Gasteiger partial charge in [-0.1, -0.05) is 60.7 Å². The number of nitrogens with two attached hydrogens (primary N) is 1. The van der Waals surface area contributed by atoms with E-state index in [1.165, 1.54) is 23.5 Å². The van der Waals surface area contributed by atoms with Crippen LogP contribution in [0.3, 0.4) is 0 Å². The molecule has 2 N–H and O–H groups in total. The van der Waals surface area contributed by atoms with Crippen molar-refractivity contribution in [2.45, 2.75) is 6.61 Å². The number of ether oxygens (including phenoxy) is 1. The van der Waals surface area contributed by atoms with Gasteiger partial charge in [-0.15, -0.1) is 11.3 Å². The molecule has 0 atom stereocenters. The van der Waals surface area contributed by atoms with Crippen LogP contribution in [0.4, 0.5) is 10.1 Å². The van der Waals surface area contributed by atoms with Gasteiger partial charge in [0, 0.05) is 10.9 Å². The normalized spacial score (nSPS) is 10.9. The standard InChI is InChI=1S/C27H19FN2O2S/c28-20-13-11-19(12-14-20)22-15-21(18-9-5-2-6-10-18)23-24(29)25(33-26(23)30-22)27(31)32-16-17-7-3-1-4-8-17/h1-15H,16,29H2. The van der Waals surface area contributed by atoms with Crippen molar-refractivity contribution >= 4 is 33.2 Å². The van der Waals surface area contributed by atoms with Gasteiger partial charge < -0.3 is 10.5 Å². The highest BCUT2D eigenvalue weighted by Gasteiger charge is 2.22. The number of rotatable bonds is 5. The summed E-state index contributed by atoms with van der Waals surface area (Å²) in [6.07, 6.45) is 0. The second kappa shape index (κ2) is 8.84. The molecule has 33 heavy (non-hydrogen) atoms. The fourth-order valence-corrected chi connectivity index (χ4v) is 4.69. The van der Waals surface area contributed by atoms with Crippen LogP contribution in [-0.4, -0.2) is 11.0 Å². The molecule has 0 radical (unpaired) electrons. The lowest BCUT2D eigenvalue weighted by atomic mass is 9.99. The van der Waals surface area contributed by atoms with Crippen LogP contribution in [0.15, 0.2) is 91.0 Å². The zero-order valence-corrected chi connectivity index (χ0v) is 18.3. The maximum Gasteiger partial charge on any atom is 0.350 e. The smallest absolute Gasteiger partial charge is 0.350 e. The Balaban J connectivity index is 1.60. The molecule has 6 heteroatoms. The Bertz CT molecular complexity index is 1430. The van der Waals surface area contributed by atoms with E-state index < -0.39 is 5.97 Å². The summed E-state index contributed by atoms with van der Waals surface area (Å²) in [4.78, 5) is 18.6. The predicted molar refractivity (Wildman–Crippen MR) is 130 cm³/mol. The van der Waals surface area contributed by atoms with Crippen LogP contribution < -0.4 is 5.73 Å². The molecule has 2 heterocycles. The van der Waals surface area contributed by atoms with Crippen LogP contribution >= 0.6 is 11.3 Å². The van der Waals surface area contributed by atoms with Gasteiger partial charge in [-0.3, -0.25) is 0 Å². The van der Waals surface area contributed by atoms with Crippen LogP contribution in [0.5, 0.6) is 0 Å². The topological polar surface area (TPSA) is 65.2 Å². The molecule has 162 valence electrons. The molecule has 0 amide bonds. The molecular weight excluding hydrogens is 435 g/mol. The number of hydrogen-bond acceptors (Lipinski definition) is 5. The number of benzene rings is 3. The van der Waals surface area contributed by atoms with Crippen molar-refractivity contribution in [3.63, 3.8) is 0 Å². The first-order valence-electron chi connectivity index (χ1n) is 10.4. The van der Waals surface area contributed by atoms with E-state index in [4.69, 9.17) is 15.5 Å². The lowest BCUT2D eigenvalue weighted by molar-refractivity contribution is 0.0480. The second-order valence-electron chi connectivity index (χ2n) is 7.51. The van der Waals surface area contributed by atoms with Crippen LogP contribution in [0, 0.1) is 5.82 Å². The molecule has 0 bridgehead atoms. The monoisotopic (exact) mass is 454 g/mol. The Morgan fingerprint density at radius 2 is 1.58 bits per heavy atom. The van der Waals surface area contributed by atoms with Gasteiger partial charge >= 0.3 is 5.97 Å². The number of nitrogens with zero attached hydrogens (tertiary/aromatic N) is 1. The van der Waals surface area contributed by atoms with E-state index >= 15 is 0 Å². The predicted octanol–water partition coefficient (Wildman–Crippen LogP) is 6.71. The van der Waals surface area contributed by atoms with E-state index in [0.717, 1.165) is 22.3 Å². The van der Waals surface area contributed by atoms with Crippen molar-refractivity contribution in [3.8, 4) is 22.4 Å². The highest BCUT2D eigenvalue weighted by Crippen LogP contribution is 2.41. The minimum atomic E-state index is -0.485. The van der Waals surface area contributed by atoms with Gasteiger partial charge in [0.15, 0.2) is 0 Å². The quantitative estimate of drug-likeness (QED) is 0.300. The maximum atomic E-state index is 13.5. The number of anilines is 1. The summed E-state index contributed by atoms with van der Waals surface area (Å²) >= 11 is 1.20. The van der Waals surface area contributed by atoms with Crippen molar-refractivity contribution < 1.29 is 13.9 Å². The van der Waals surface area contributed by atoms with Crippen molar-refractivity contribution in [3.05, 3.63) is 107 Å². The Labute approximate surface area is 194 Å². The number of carbonyl (C=O) groups excluding carboxylic acids is 1. The summed E-state index contributed by atoms with van der Waals surface area (Å²) in [5.74, 6) is -0.798. The average molecular weight is 455 g/mol. The minimum Gasteiger partial charge on any atom is -0.457 e. The maximum absolute atomic E-state index is 13.5. The molecule has 0 aliphatic heterocycles. The van der Waals surface area contributed by atoms with Crippen molar-refractivity contribution in [2.75, 3.05) is 5.73 Å². The first kappa shape index (κ1) is 20.8. The Morgan fingerprint density at radius 3 is 2.27 bits per heavy atom. The Hall–Kier alpha value is -4.03. The molecule has 3 aromatic carbocycles. The molecule has 5 rings (SSSR count). The summed E-state index contributed by atoms with van der Waals surface area (Å²) in [5.41, 5.74) is 11.0. The summed E-state index contributed by atoms with van der Waals surface area (Å²) in [6, 6.07) is 27.4. The first-order chi connectivity index (χ1) is 16.1. The molecule has 0 spiro atoms. The molecule has 0 fully saturated rings. The number of halogens is 1. The van der Waals surface area contributed by atoms with E-state index in [1.807, 2.05) is 66.7 Å². The number of carbonyl (C=O) groups is 1. The second-order valence-corrected chi connectivity index (χ2v) is 8.51. The van der Waals surface area contributed by atoms with Crippen molar-refractivity contribution in [1.82, 2.24) is 4.98 Å². The first-order valence-corrected chi connectivity index (χ1v) is 11.2. The van der Waals surface area contributed by atoms with E-state index in [-0.39, 0.29) is 12.4 Å². The third-order valence-corrected chi connectivity index (χ3v) is 6.40. The van der Waals surface area contributed by atoms with E-state index in [0.29, 0.717) is 26.5 Å². The lowest BCUT2D eigenvalue weighted by Gasteiger charge is -2.09. The van der Waals surface area contributed by atoms with Gasteiger partial charge in [0.25, 0.3) is 0 Å². The van der Waals surface area contributed by atoms with Crippen molar-refractivity contribution in [1.29, 1.82) is 0 Å². The van der Waals surface area contributed by atoms with Crippen molar-refractivity contribution in [2.24, 2.45) is 0 Å². The van der Waals surface area contributed by atoms with Crippen LogP contribution in [0.1, 0.15) is 15.2 Å². The Kier molecular flexibility index (Phi) is 5.59. The number of aromatic nitrogens is 1. The number of hydrogen-bond donors (Lipinski definition) is 1. The summed E-state index contributed by atoms with van der Waals surface area (Å²) < 4.78 is 19.0. The average Bonchev–Trinajstić information content (AvgIpc) is 3.20. The fourth-order valence-electron chi connectivity index (χ4n) is 3.68. The number of pyridine rings is 1. The zero-order chi connectivity index (χ0) is 22.8. The minimum absolute atomic E-state index is 0.160. The van der Waals surface area contributed by atoms with E-state index in [9.17, 15) is 9.18 Å². The molecule has 0 aliphatic carbocycles. The SMILES string of the molecule is Nc1c(C(=O)OCc2ccccc2)sc2nc(-c3ccc(F)cc3)cc(-c3ccccc3)c12. The van der Waals surface area contributed by atoms with Gasteiger partial charge in [-0.25, -0.2) is 14.2 Å². The number of fused-ring (bicyclic) bond motifs is 1. The molecule has 2 aromatic heterocycles. The lowest BCUT2D eigenvalue weighted by Crippen LogP contribution is -2.05. The molecule has 5 aromatic rings. The summed E-state index contributed by atoms with van der Waals surface area (Å²) in [5, 5.41) is 0.712. The highest BCUT2D eigenvalue weighted by molar-refractivity contribution is 7.21. The van der Waals surface area contributed by atoms with Gasteiger partial charge in [0.2, 0.25) is 0 Å². The Morgan fingerprint density at radius 1 is 0.909 bits per heavy atom. The largest absolute Gasteiger partial charge is 0.457 e. The zero-order valence-electron chi connectivity index (χ0n) is 17.5. The highest BCUT2D eigenvalue weighted by atomic mass is 32.1. The van der Waals surface area contributed by atoms with Crippen LogP contribution in [-0.2, 0) is 11.3 Å². The molecule has 0 saturated carbocycles. The number of nitrogen functional groups attached to an aromatic ring is 1. The number of thiophene rings is 1. The molecule has 0 unspecified atom stereocenters. The van der Waals surface area contributed by atoms with Crippen LogP contribution in [0.2, 0.25) is 0 Å². The molecular formula is C27H19FN2O2S. The fraction of sp³-hybridized carbons (Fsp3) is 0.0370. The van der Waals surface area contributed by atoms with E-state index in [2.05, 4.69) is 0 Å². The van der Waals surface area contributed by atoms with Gasteiger partial charge in [-0.05, 0) is 47.0 Å². The molecule has 0 saturated heterocycles. The summed E-state index contributed by atoms with van der Waals surface area (Å²) in [6.45, 7) is 0.160. The number of esters is 1. The molecule has 4 nitrogen and oxygen atoms in total. The third kappa shape index (κ3) is 4.21. The van der Waals surface area contributed by atoms with Gasteiger partial charge in [-0.2, -0.15) is 0 Å². The van der Waals surface area contributed by atoms with Gasteiger partial charge in [0.05, 0.1) is 11.4 Å². The summed E-state index contributed by atoms with van der Waals surface area (Å²) in [7, 11) is 0. The molecule has 0 aliphatic rings. The van der Waals surface area contributed by atoms with Crippen LogP contribution in [0.25, 0.3) is 32.6 Å². The van der Waals surface area contributed by atoms with Gasteiger partial charge in [0.1, 0.15) is 22.1 Å². The van der Waals surface area contributed by atoms with E-state index in [1.54, 1.807) is 12.1 Å². The third-order valence-electron chi connectivity index (χ3n) is 5.32.